The number of ether oxygens (including phenoxy) is 1. The first kappa shape index (κ1) is 28.1. The van der Waals surface area contributed by atoms with Crippen LogP contribution in [-0.2, 0) is 12.6 Å². The summed E-state index contributed by atoms with van der Waals surface area (Å²) in [5, 5.41) is 12.2. The third-order valence-corrected chi connectivity index (χ3v) is 6.71. The highest BCUT2D eigenvalue weighted by atomic mass is 16.5. The Labute approximate surface area is 231 Å². The summed E-state index contributed by atoms with van der Waals surface area (Å²) < 4.78 is 9.64. The van der Waals surface area contributed by atoms with E-state index < -0.39 is 0 Å². The fourth-order valence-corrected chi connectivity index (χ4v) is 4.28. The van der Waals surface area contributed by atoms with Crippen LogP contribution < -0.4 is 10.1 Å². The summed E-state index contributed by atoms with van der Waals surface area (Å²) in [5.41, 5.74) is 6.50. The number of aryl methyl sites for hydroxylation is 2. The number of aromatic nitrogens is 4. The van der Waals surface area contributed by atoms with Gasteiger partial charge < -0.3 is 15.0 Å². The van der Waals surface area contributed by atoms with Crippen molar-refractivity contribution in [2.24, 2.45) is 7.05 Å². The third-order valence-electron chi connectivity index (χ3n) is 6.71. The van der Waals surface area contributed by atoms with E-state index in [0.29, 0.717) is 17.9 Å². The van der Waals surface area contributed by atoms with E-state index in [0.717, 1.165) is 39.9 Å². The van der Waals surface area contributed by atoms with E-state index >= 15 is 0 Å². The number of likely N-dealkylation sites (N-methyl/N-ethyl adjacent to an activating group) is 1. The molecule has 4 aromatic rings. The fraction of sp³-hybridized carbons (Fsp3) is 0.387. The number of hydrogen-bond donors (Lipinski definition) is 1. The van der Waals surface area contributed by atoms with E-state index in [4.69, 9.17) is 4.74 Å². The number of nitrogens with one attached hydrogen (secondary N) is 1. The van der Waals surface area contributed by atoms with Gasteiger partial charge in [0.25, 0.3) is 5.91 Å². The minimum atomic E-state index is -0.233. The van der Waals surface area contributed by atoms with Gasteiger partial charge >= 0.3 is 0 Å². The lowest BCUT2D eigenvalue weighted by atomic mass is 9.95. The molecule has 1 amide bonds. The maximum Gasteiger partial charge on any atom is 0.252 e. The van der Waals surface area contributed by atoms with Crippen LogP contribution >= 0.6 is 0 Å². The molecular weight excluding hydrogens is 488 g/mol. The SMILES string of the molecule is Cc1ccc(OCCN(C)C)cc1C(=O)N[C@H](C)c1cc(-c2cnn(C)c2)cc(-c2cnn(C(C)(C)C)c2)c1. The molecule has 2 aromatic carbocycles. The van der Waals surface area contributed by atoms with E-state index in [-0.39, 0.29) is 17.5 Å². The second-order valence-electron chi connectivity index (χ2n) is 11.4. The molecule has 1 N–H and O–H groups in total. The molecule has 0 saturated carbocycles. The molecular formula is C31H40N6O2. The number of amides is 1. The van der Waals surface area contributed by atoms with Crippen molar-refractivity contribution < 1.29 is 9.53 Å². The monoisotopic (exact) mass is 528 g/mol. The van der Waals surface area contributed by atoms with Gasteiger partial charge in [-0.25, -0.2) is 0 Å². The largest absolute Gasteiger partial charge is 0.492 e. The first-order valence-corrected chi connectivity index (χ1v) is 13.3. The van der Waals surface area contributed by atoms with Crippen LogP contribution in [0.1, 0.15) is 55.2 Å². The zero-order valence-electron chi connectivity index (χ0n) is 24.3. The van der Waals surface area contributed by atoms with Crippen molar-refractivity contribution in [2.45, 2.75) is 46.2 Å². The van der Waals surface area contributed by atoms with Gasteiger partial charge in [0.2, 0.25) is 0 Å². The van der Waals surface area contributed by atoms with Crippen LogP contribution in [0.3, 0.4) is 0 Å². The second kappa shape index (κ2) is 11.5. The lowest BCUT2D eigenvalue weighted by Crippen LogP contribution is -2.27. The number of carbonyl (C=O) groups excluding carboxylic acids is 1. The smallest absolute Gasteiger partial charge is 0.252 e. The van der Waals surface area contributed by atoms with Gasteiger partial charge in [-0.3, -0.25) is 14.2 Å². The Morgan fingerprint density at radius 2 is 1.67 bits per heavy atom. The molecule has 2 aromatic heterocycles. The minimum Gasteiger partial charge on any atom is -0.492 e. The van der Waals surface area contributed by atoms with Gasteiger partial charge in [0, 0.05) is 42.7 Å². The Bertz CT molecular complexity index is 1440. The average Bonchev–Trinajstić information content (AvgIpc) is 3.54. The number of benzene rings is 2. The van der Waals surface area contributed by atoms with Crippen LogP contribution in [0.5, 0.6) is 5.75 Å². The van der Waals surface area contributed by atoms with E-state index in [1.165, 1.54) is 0 Å². The summed E-state index contributed by atoms with van der Waals surface area (Å²) in [4.78, 5) is 15.5. The standard InChI is InChI=1S/C31H40N6O2/c1-21-9-10-28(39-12-11-35(6)7)16-29(21)30(38)34-22(2)23-13-24(26-17-32-36(8)19-26)15-25(14-23)27-18-33-37(20-27)31(3,4)5/h9-10,13-20,22H,11-12H2,1-8H3,(H,34,38)/t22-/m1/s1. The molecule has 2 heterocycles. The van der Waals surface area contributed by atoms with Gasteiger partial charge in [-0.1, -0.05) is 6.07 Å². The van der Waals surface area contributed by atoms with Crippen LogP contribution in [0.15, 0.2) is 61.2 Å². The lowest BCUT2D eigenvalue weighted by Gasteiger charge is -2.19. The summed E-state index contributed by atoms with van der Waals surface area (Å²) in [6.45, 7) is 11.7. The quantitative estimate of drug-likeness (QED) is 0.313. The van der Waals surface area contributed by atoms with E-state index in [1.807, 2.05) is 76.5 Å². The zero-order valence-corrected chi connectivity index (χ0v) is 24.3. The Balaban J connectivity index is 1.63. The topological polar surface area (TPSA) is 77.2 Å². The molecule has 0 aliphatic carbocycles. The molecule has 0 radical (unpaired) electrons. The number of hydrogen-bond acceptors (Lipinski definition) is 5. The molecule has 0 aliphatic heterocycles. The third kappa shape index (κ3) is 6.95. The number of rotatable bonds is 9. The molecule has 0 spiro atoms. The molecule has 0 unspecified atom stereocenters. The predicted molar refractivity (Wildman–Crippen MR) is 156 cm³/mol. The van der Waals surface area contributed by atoms with Gasteiger partial charge in [-0.05, 0) is 101 Å². The van der Waals surface area contributed by atoms with E-state index in [2.05, 4.69) is 65.6 Å². The van der Waals surface area contributed by atoms with Gasteiger partial charge in [0.1, 0.15) is 12.4 Å². The Kier molecular flexibility index (Phi) is 8.25. The molecule has 0 saturated heterocycles. The predicted octanol–water partition coefficient (Wildman–Crippen LogP) is 5.45. The number of carbonyl (C=O) groups is 1. The van der Waals surface area contributed by atoms with Crippen molar-refractivity contribution in [3.8, 4) is 28.0 Å². The normalized spacial score (nSPS) is 12.5. The van der Waals surface area contributed by atoms with E-state index in [9.17, 15) is 4.79 Å². The maximum atomic E-state index is 13.4. The molecule has 0 fully saturated rings. The van der Waals surface area contributed by atoms with Crippen molar-refractivity contribution in [3.05, 3.63) is 77.9 Å². The summed E-state index contributed by atoms with van der Waals surface area (Å²) >= 11 is 0. The highest BCUT2D eigenvalue weighted by Crippen LogP contribution is 2.31. The van der Waals surface area contributed by atoms with Crippen molar-refractivity contribution in [2.75, 3.05) is 27.2 Å². The molecule has 39 heavy (non-hydrogen) atoms. The summed E-state index contributed by atoms with van der Waals surface area (Å²) in [5.74, 6) is 0.559. The maximum absolute atomic E-state index is 13.4. The highest BCUT2D eigenvalue weighted by molar-refractivity contribution is 5.96. The molecule has 0 bridgehead atoms. The van der Waals surface area contributed by atoms with Crippen molar-refractivity contribution in [1.82, 2.24) is 29.8 Å². The van der Waals surface area contributed by atoms with Gasteiger partial charge in [0.15, 0.2) is 0 Å². The van der Waals surface area contributed by atoms with Gasteiger partial charge in [-0.2, -0.15) is 10.2 Å². The average molecular weight is 529 g/mol. The zero-order chi connectivity index (χ0) is 28.3. The van der Waals surface area contributed by atoms with Crippen molar-refractivity contribution in [1.29, 1.82) is 0 Å². The lowest BCUT2D eigenvalue weighted by molar-refractivity contribution is 0.0938. The van der Waals surface area contributed by atoms with Crippen LogP contribution in [0.25, 0.3) is 22.3 Å². The second-order valence-corrected chi connectivity index (χ2v) is 11.4. The van der Waals surface area contributed by atoms with Crippen LogP contribution in [0.2, 0.25) is 0 Å². The van der Waals surface area contributed by atoms with E-state index in [1.54, 1.807) is 4.68 Å². The minimum absolute atomic E-state index is 0.119. The van der Waals surface area contributed by atoms with Crippen molar-refractivity contribution in [3.63, 3.8) is 0 Å². The fourth-order valence-electron chi connectivity index (χ4n) is 4.28. The first-order valence-electron chi connectivity index (χ1n) is 13.3. The molecule has 0 aliphatic rings. The Morgan fingerprint density at radius 1 is 1.00 bits per heavy atom. The summed E-state index contributed by atoms with van der Waals surface area (Å²) in [6.07, 6.45) is 7.82. The molecule has 4 rings (SSSR count). The van der Waals surface area contributed by atoms with Crippen LogP contribution in [0.4, 0.5) is 0 Å². The van der Waals surface area contributed by atoms with Crippen molar-refractivity contribution >= 4 is 5.91 Å². The molecule has 8 nitrogen and oxygen atoms in total. The summed E-state index contributed by atoms with van der Waals surface area (Å²) in [6, 6.07) is 11.8. The Hall–Kier alpha value is -3.91. The van der Waals surface area contributed by atoms with Crippen LogP contribution in [-0.4, -0.2) is 57.6 Å². The highest BCUT2D eigenvalue weighted by Gasteiger charge is 2.19. The number of nitrogens with zero attached hydrogens (tertiary/aromatic N) is 5. The molecule has 8 heteroatoms. The molecule has 206 valence electrons. The van der Waals surface area contributed by atoms with Gasteiger partial charge in [-0.15, -0.1) is 0 Å². The first-order chi connectivity index (χ1) is 18.4. The van der Waals surface area contributed by atoms with Crippen LogP contribution in [0, 0.1) is 6.92 Å². The Morgan fingerprint density at radius 3 is 2.26 bits per heavy atom. The summed E-state index contributed by atoms with van der Waals surface area (Å²) in [7, 11) is 5.92. The van der Waals surface area contributed by atoms with Gasteiger partial charge in [0.05, 0.1) is 24.0 Å². The molecule has 1 atom stereocenters.